The summed E-state index contributed by atoms with van der Waals surface area (Å²) in [6.45, 7) is 2.91. The van der Waals surface area contributed by atoms with Crippen molar-refractivity contribution in [2.24, 2.45) is 0 Å². The first-order chi connectivity index (χ1) is 13.1. The number of hydrogen-bond acceptors (Lipinski definition) is 5. The second kappa shape index (κ2) is 7.74. The van der Waals surface area contributed by atoms with Crippen LogP contribution < -0.4 is 20.3 Å². The molecule has 4 rings (SSSR count). The molecule has 1 aromatic heterocycles. The Morgan fingerprint density at radius 1 is 1.26 bits per heavy atom. The number of benzene rings is 1. The number of aromatic nitrogens is 1. The Morgan fingerprint density at radius 3 is 2.74 bits per heavy atom. The van der Waals surface area contributed by atoms with Crippen LogP contribution in [0.3, 0.4) is 0 Å². The molecule has 0 bridgehead atoms. The molecular formula is C19H23N3O4S. The third-order valence-corrected chi connectivity index (χ3v) is 5.36. The lowest BCUT2D eigenvalue weighted by atomic mass is 10.1. The maximum atomic E-state index is 12.6. The smallest absolute Gasteiger partial charge is 0.253 e. The van der Waals surface area contributed by atoms with E-state index >= 15 is 0 Å². The largest absolute Gasteiger partial charge is 0.486 e. The number of hydrogen-bond donors (Lipinski definition) is 2. The fraction of sp³-hybridized carbons (Fsp3) is 0.474. The molecule has 144 valence electrons. The number of rotatable bonds is 4. The van der Waals surface area contributed by atoms with Crippen molar-refractivity contribution in [3.63, 3.8) is 0 Å². The van der Waals surface area contributed by atoms with Gasteiger partial charge in [0.15, 0.2) is 16.6 Å². The molecule has 1 aromatic carbocycles. The van der Waals surface area contributed by atoms with E-state index in [1.54, 1.807) is 7.05 Å². The van der Waals surface area contributed by atoms with Crippen molar-refractivity contribution in [3.05, 3.63) is 34.1 Å². The van der Waals surface area contributed by atoms with Gasteiger partial charge in [-0.2, -0.15) is 0 Å². The molecule has 0 saturated carbocycles. The summed E-state index contributed by atoms with van der Waals surface area (Å²) < 4.78 is 17.0. The summed E-state index contributed by atoms with van der Waals surface area (Å²) in [5.41, 5.74) is 1.25. The van der Waals surface area contributed by atoms with Gasteiger partial charge in [0.1, 0.15) is 13.2 Å². The van der Waals surface area contributed by atoms with Crippen molar-refractivity contribution in [1.82, 2.24) is 15.2 Å². The highest BCUT2D eigenvalue weighted by atomic mass is 32.1. The van der Waals surface area contributed by atoms with Gasteiger partial charge >= 0.3 is 0 Å². The number of nitrogens with zero attached hydrogens (tertiary/aromatic N) is 1. The van der Waals surface area contributed by atoms with Crippen LogP contribution in [0.5, 0.6) is 11.5 Å². The third kappa shape index (κ3) is 3.86. The first-order valence-electron chi connectivity index (χ1n) is 9.18. The van der Waals surface area contributed by atoms with Crippen LogP contribution in [0.4, 0.5) is 0 Å². The Hall–Kier alpha value is -2.32. The Labute approximate surface area is 162 Å². The van der Waals surface area contributed by atoms with E-state index in [9.17, 15) is 4.79 Å². The predicted molar refractivity (Wildman–Crippen MR) is 107 cm³/mol. The van der Waals surface area contributed by atoms with E-state index in [2.05, 4.69) is 10.3 Å². The minimum atomic E-state index is -0.129. The van der Waals surface area contributed by atoms with Crippen LogP contribution in [0.2, 0.25) is 0 Å². The van der Waals surface area contributed by atoms with Crippen LogP contribution in [0.1, 0.15) is 18.4 Å². The molecular weight excluding hydrogens is 366 g/mol. The maximum Gasteiger partial charge on any atom is 0.253 e. The molecule has 2 N–H and O–H groups in total. The fourth-order valence-electron chi connectivity index (χ4n) is 3.52. The summed E-state index contributed by atoms with van der Waals surface area (Å²) in [5, 5.41) is 4.52. The number of ether oxygens (including phenoxy) is 3. The van der Waals surface area contributed by atoms with Gasteiger partial charge in [0.25, 0.3) is 5.56 Å². The van der Waals surface area contributed by atoms with Gasteiger partial charge in [-0.25, -0.2) is 0 Å². The number of nitrogens with one attached hydrogen (secondary N) is 2. The molecule has 3 heterocycles. The average Bonchev–Trinajstić information content (AvgIpc) is 3.19. The lowest BCUT2D eigenvalue weighted by Gasteiger charge is -2.27. The predicted octanol–water partition coefficient (Wildman–Crippen LogP) is 1.78. The molecule has 2 aliphatic rings. The summed E-state index contributed by atoms with van der Waals surface area (Å²) in [6.07, 6.45) is 2.22. The van der Waals surface area contributed by atoms with Crippen LogP contribution in [-0.4, -0.2) is 54.5 Å². The molecule has 8 heteroatoms. The van der Waals surface area contributed by atoms with Crippen molar-refractivity contribution in [2.45, 2.75) is 25.5 Å². The summed E-state index contributed by atoms with van der Waals surface area (Å²) in [5.74, 6) is 1.36. The second-order valence-electron chi connectivity index (χ2n) is 6.78. The first-order valence-corrected chi connectivity index (χ1v) is 9.58. The molecule has 1 atom stereocenters. The molecule has 27 heavy (non-hydrogen) atoms. The molecule has 1 fully saturated rings. The molecule has 0 radical (unpaired) electrons. The first kappa shape index (κ1) is 18.1. The lowest BCUT2D eigenvalue weighted by Crippen LogP contribution is -2.42. The van der Waals surface area contributed by atoms with Gasteiger partial charge in [0.2, 0.25) is 0 Å². The van der Waals surface area contributed by atoms with E-state index in [4.69, 9.17) is 26.4 Å². The monoisotopic (exact) mass is 389 g/mol. The summed E-state index contributed by atoms with van der Waals surface area (Å²) in [7, 11) is 1.79. The third-order valence-electron chi connectivity index (χ3n) is 4.89. The zero-order chi connectivity index (χ0) is 18.8. The topological polar surface area (TPSA) is 75.8 Å². The number of pyridine rings is 1. The van der Waals surface area contributed by atoms with Crippen molar-refractivity contribution in [1.29, 1.82) is 0 Å². The normalized spacial score (nSPS) is 18.5. The van der Waals surface area contributed by atoms with Crippen LogP contribution in [0.25, 0.3) is 10.9 Å². The van der Waals surface area contributed by atoms with Gasteiger partial charge in [-0.05, 0) is 37.2 Å². The Morgan fingerprint density at radius 2 is 2.04 bits per heavy atom. The lowest BCUT2D eigenvalue weighted by molar-refractivity contribution is 0.0898. The van der Waals surface area contributed by atoms with Gasteiger partial charge in [0.05, 0.1) is 18.2 Å². The van der Waals surface area contributed by atoms with Crippen molar-refractivity contribution in [3.8, 4) is 11.5 Å². The second-order valence-corrected chi connectivity index (χ2v) is 7.16. The molecule has 1 saturated heterocycles. The van der Waals surface area contributed by atoms with Crippen LogP contribution in [0, 0.1) is 0 Å². The molecule has 0 spiro atoms. The summed E-state index contributed by atoms with van der Waals surface area (Å²) in [4.78, 5) is 17.6. The van der Waals surface area contributed by atoms with E-state index in [0.717, 1.165) is 30.4 Å². The quantitative estimate of drug-likeness (QED) is 0.772. The Balaban J connectivity index is 1.63. The molecule has 2 aliphatic heterocycles. The van der Waals surface area contributed by atoms with Gasteiger partial charge in [-0.1, -0.05) is 0 Å². The summed E-state index contributed by atoms with van der Waals surface area (Å²) >= 11 is 5.44. The fourth-order valence-corrected chi connectivity index (χ4v) is 3.66. The van der Waals surface area contributed by atoms with E-state index in [0.29, 0.717) is 48.5 Å². The highest BCUT2D eigenvalue weighted by molar-refractivity contribution is 7.80. The number of aromatic amines is 1. The van der Waals surface area contributed by atoms with E-state index in [-0.39, 0.29) is 11.7 Å². The number of thiocarbonyl (C=S) groups is 1. The SMILES string of the molecule is CNC(=S)N(Cc1cc2cc3c(cc2[nH]c1=O)OCCO3)CC1CCCO1. The van der Waals surface area contributed by atoms with Crippen molar-refractivity contribution < 1.29 is 14.2 Å². The number of H-pyrrole nitrogens is 1. The van der Waals surface area contributed by atoms with Crippen LogP contribution in [-0.2, 0) is 11.3 Å². The standard InChI is InChI=1S/C19H23N3O4S/c1-20-19(27)22(11-14-3-2-4-24-14)10-13-7-12-8-16-17(26-6-5-25-16)9-15(12)21-18(13)23/h7-9,14H,2-6,10-11H2,1H3,(H,20,27)(H,21,23). The van der Waals surface area contributed by atoms with Gasteiger partial charge in [0, 0.05) is 37.2 Å². The van der Waals surface area contributed by atoms with E-state index < -0.39 is 0 Å². The molecule has 0 aliphatic carbocycles. The zero-order valence-electron chi connectivity index (χ0n) is 15.2. The maximum absolute atomic E-state index is 12.6. The molecule has 0 amide bonds. The van der Waals surface area contributed by atoms with Crippen molar-refractivity contribution >= 4 is 28.2 Å². The Kier molecular flexibility index (Phi) is 5.18. The minimum Gasteiger partial charge on any atom is -0.486 e. The highest BCUT2D eigenvalue weighted by Crippen LogP contribution is 2.33. The molecule has 1 unspecified atom stereocenters. The average molecular weight is 389 g/mol. The van der Waals surface area contributed by atoms with Crippen molar-refractivity contribution in [2.75, 3.05) is 33.4 Å². The van der Waals surface area contributed by atoms with Gasteiger partial charge in [-0.3, -0.25) is 4.79 Å². The summed E-state index contributed by atoms with van der Waals surface area (Å²) in [6, 6.07) is 5.62. The number of fused-ring (bicyclic) bond motifs is 2. The molecule has 2 aromatic rings. The Bertz CT molecular complexity index is 908. The van der Waals surface area contributed by atoms with Crippen LogP contribution >= 0.6 is 12.2 Å². The van der Waals surface area contributed by atoms with E-state index in [1.165, 1.54) is 0 Å². The van der Waals surface area contributed by atoms with Gasteiger partial charge < -0.3 is 29.4 Å². The van der Waals surface area contributed by atoms with E-state index in [1.807, 2.05) is 23.1 Å². The molecule has 7 nitrogen and oxygen atoms in total. The minimum absolute atomic E-state index is 0.129. The van der Waals surface area contributed by atoms with Crippen LogP contribution in [0.15, 0.2) is 23.0 Å². The zero-order valence-corrected chi connectivity index (χ0v) is 16.1. The van der Waals surface area contributed by atoms with Gasteiger partial charge in [-0.15, -0.1) is 0 Å². The highest BCUT2D eigenvalue weighted by Gasteiger charge is 2.22.